The number of fused-ring (bicyclic) bond motifs is 2. The second-order valence-electron chi connectivity index (χ2n) is 6.74. The van der Waals surface area contributed by atoms with Crippen LogP contribution in [-0.4, -0.2) is 46.9 Å². The monoisotopic (exact) mass is 393 g/mol. The van der Waals surface area contributed by atoms with Crippen molar-refractivity contribution in [3.05, 3.63) is 59.4 Å². The van der Waals surface area contributed by atoms with Crippen LogP contribution in [-0.2, 0) is 11.3 Å². The predicted octanol–water partition coefficient (Wildman–Crippen LogP) is 1.72. The lowest BCUT2D eigenvalue weighted by molar-refractivity contribution is -0.120. The van der Waals surface area contributed by atoms with E-state index in [2.05, 4.69) is 20.6 Å². The molecule has 2 aliphatic heterocycles. The van der Waals surface area contributed by atoms with Gasteiger partial charge in [0.05, 0.1) is 23.8 Å². The lowest BCUT2D eigenvalue weighted by Crippen LogP contribution is -2.22. The highest BCUT2D eigenvalue weighted by atomic mass is 16.5. The number of rotatable bonds is 2. The Hall–Kier alpha value is -3.88. The molecule has 0 radical (unpaired) electrons. The largest absolute Gasteiger partial charge is 0.497 e. The van der Waals surface area contributed by atoms with Crippen LogP contribution in [0.2, 0.25) is 0 Å². The van der Waals surface area contributed by atoms with E-state index in [-0.39, 0.29) is 11.8 Å². The number of hydrogen-bond donors (Lipinski definition) is 3. The molecule has 2 aliphatic rings. The number of imide groups is 1. The van der Waals surface area contributed by atoms with E-state index >= 15 is 0 Å². The maximum atomic E-state index is 11.5. The van der Waals surface area contributed by atoms with Gasteiger partial charge in [0, 0.05) is 25.4 Å². The van der Waals surface area contributed by atoms with Crippen LogP contribution < -0.4 is 15.4 Å². The average molecular weight is 393 g/mol. The number of pyridine rings is 1. The summed E-state index contributed by atoms with van der Waals surface area (Å²) in [5.41, 5.74) is 4.09. The van der Waals surface area contributed by atoms with Crippen molar-refractivity contribution in [2.24, 2.45) is 0 Å². The Bertz CT molecular complexity index is 1090. The lowest BCUT2D eigenvalue weighted by Gasteiger charge is -2.04. The Morgan fingerprint density at radius 2 is 2.00 bits per heavy atom. The fourth-order valence-electron chi connectivity index (χ4n) is 3.32. The van der Waals surface area contributed by atoms with Crippen molar-refractivity contribution in [3.63, 3.8) is 0 Å². The summed E-state index contributed by atoms with van der Waals surface area (Å²) in [4.78, 5) is 42.8. The molecule has 1 fully saturated rings. The van der Waals surface area contributed by atoms with Crippen LogP contribution >= 0.6 is 0 Å². The van der Waals surface area contributed by atoms with E-state index in [0.29, 0.717) is 12.2 Å². The highest BCUT2D eigenvalue weighted by molar-refractivity contribution is 6.04. The zero-order chi connectivity index (χ0) is 20.5. The fourth-order valence-corrected chi connectivity index (χ4v) is 3.32. The van der Waals surface area contributed by atoms with Gasteiger partial charge in [0.1, 0.15) is 5.75 Å². The lowest BCUT2D eigenvalue weighted by atomic mass is 10.1. The smallest absolute Gasteiger partial charge is 0.322 e. The molecule has 1 saturated heterocycles. The molecule has 0 spiro atoms. The Morgan fingerprint density at radius 3 is 2.69 bits per heavy atom. The summed E-state index contributed by atoms with van der Waals surface area (Å²) in [5.74, 6) is 0.466. The van der Waals surface area contributed by atoms with Crippen molar-refractivity contribution in [1.82, 2.24) is 25.5 Å². The van der Waals surface area contributed by atoms with E-state index in [0.717, 1.165) is 27.9 Å². The van der Waals surface area contributed by atoms with Crippen LogP contribution in [0.25, 0.3) is 11.0 Å². The van der Waals surface area contributed by atoms with E-state index in [9.17, 15) is 14.4 Å². The summed E-state index contributed by atoms with van der Waals surface area (Å²) < 4.78 is 5.05. The zero-order valence-corrected chi connectivity index (χ0v) is 15.9. The number of carbonyl (C=O) groups excluding carboxylic acids is 3. The number of aromatic nitrogens is 2. The molecule has 1 unspecified atom stereocenters. The number of hydrogen-bond acceptors (Lipinski definition) is 5. The van der Waals surface area contributed by atoms with Gasteiger partial charge in [0.25, 0.3) is 11.8 Å². The van der Waals surface area contributed by atoms with Crippen LogP contribution in [0.4, 0.5) is 4.79 Å². The summed E-state index contributed by atoms with van der Waals surface area (Å²) in [6, 6.07) is 9.91. The molecule has 2 aromatic heterocycles. The Kier molecular flexibility index (Phi) is 4.63. The number of nitrogens with zero attached hydrogens (tertiary/aromatic N) is 2. The molecule has 3 aromatic rings. The predicted molar refractivity (Wildman–Crippen MR) is 104 cm³/mol. The average Bonchev–Trinajstić information content (AvgIpc) is 3.37. The van der Waals surface area contributed by atoms with Crippen molar-refractivity contribution < 1.29 is 19.1 Å². The molecular weight excluding hydrogens is 374 g/mol. The first-order chi connectivity index (χ1) is 14.0. The van der Waals surface area contributed by atoms with Crippen LogP contribution in [0.15, 0.2) is 42.6 Å². The van der Waals surface area contributed by atoms with Gasteiger partial charge < -0.3 is 19.9 Å². The Labute approximate surface area is 166 Å². The van der Waals surface area contributed by atoms with Gasteiger partial charge >= 0.3 is 6.03 Å². The summed E-state index contributed by atoms with van der Waals surface area (Å²) >= 11 is 0. The Morgan fingerprint density at radius 1 is 1.17 bits per heavy atom. The first-order valence-electron chi connectivity index (χ1n) is 8.93. The van der Waals surface area contributed by atoms with Crippen molar-refractivity contribution in [2.75, 3.05) is 14.2 Å². The summed E-state index contributed by atoms with van der Waals surface area (Å²) in [5, 5.41) is 4.70. The summed E-state index contributed by atoms with van der Waals surface area (Å²) in [6.07, 6.45) is 1.67. The van der Waals surface area contributed by atoms with Gasteiger partial charge in [-0.05, 0) is 35.9 Å². The highest BCUT2D eigenvalue weighted by Crippen LogP contribution is 2.25. The highest BCUT2D eigenvalue weighted by Gasteiger charge is 2.32. The Balaban J connectivity index is 0.000000145. The molecule has 1 aromatic carbocycles. The van der Waals surface area contributed by atoms with Crippen LogP contribution in [0, 0.1) is 0 Å². The van der Waals surface area contributed by atoms with Crippen molar-refractivity contribution >= 4 is 28.9 Å². The second kappa shape index (κ2) is 7.27. The second-order valence-corrected chi connectivity index (χ2v) is 6.74. The summed E-state index contributed by atoms with van der Waals surface area (Å²) in [6.45, 7) is 0.707. The van der Waals surface area contributed by atoms with Gasteiger partial charge in [-0.15, -0.1) is 0 Å². The van der Waals surface area contributed by atoms with Crippen molar-refractivity contribution in [2.45, 2.75) is 12.6 Å². The third-order valence-electron chi connectivity index (χ3n) is 4.80. The minimum Gasteiger partial charge on any atom is -0.497 e. The fraction of sp³-hybridized carbons (Fsp3) is 0.200. The zero-order valence-electron chi connectivity index (χ0n) is 15.9. The quantitative estimate of drug-likeness (QED) is 0.573. The van der Waals surface area contributed by atoms with Gasteiger partial charge in [0.15, 0.2) is 6.04 Å². The van der Waals surface area contributed by atoms with E-state index in [1.807, 2.05) is 18.2 Å². The SMILES string of the molecule is COc1ccc2c(c1)C(=O)N(C)C2.O=C1NC(=O)C(c2cc3ncccc3[nH]2)N1. The third-order valence-corrected chi connectivity index (χ3v) is 4.80. The maximum absolute atomic E-state index is 11.5. The number of nitrogens with one attached hydrogen (secondary N) is 3. The molecule has 0 bridgehead atoms. The molecule has 9 nitrogen and oxygen atoms in total. The molecule has 0 aliphatic carbocycles. The molecule has 9 heteroatoms. The number of aromatic amines is 1. The number of methoxy groups -OCH3 is 1. The molecule has 148 valence electrons. The molecule has 29 heavy (non-hydrogen) atoms. The molecule has 4 amide bonds. The topological polar surface area (TPSA) is 116 Å². The van der Waals surface area contributed by atoms with E-state index in [1.54, 1.807) is 43.5 Å². The first-order valence-corrected chi connectivity index (χ1v) is 8.93. The van der Waals surface area contributed by atoms with Gasteiger partial charge in [0.2, 0.25) is 0 Å². The third kappa shape index (κ3) is 3.49. The number of benzene rings is 1. The van der Waals surface area contributed by atoms with Crippen LogP contribution in [0.5, 0.6) is 5.75 Å². The van der Waals surface area contributed by atoms with Gasteiger partial charge in [-0.1, -0.05) is 6.07 Å². The molecule has 4 heterocycles. The number of amides is 4. The van der Waals surface area contributed by atoms with Crippen molar-refractivity contribution in [1.29, 1.82) is 0 Å². The standard InChI is InChI=1S/C10H8N4O2.C10H11NO2/c15-9-8(13-10(16)14-9)7-4-6-5(12-7)2-1-3-11-6;1-11-6-7-3-4-8(13-2)5-9(7)10(11)12/h1-4,8,12H,(H2,13,14,15,16);3-5H,6H2,1-2H3. The first kappa shape index (κ1) is 18.5. The molecule has 3 N–H and O–H groups in total. The van der Waals surface area contributed by atoms with Gasteiger partial charge in [-0.25, -0.2) is 4.79 Å². The van der Waals surface area contributed by atoms with Crippen LogP contribution in [0.3, 0.4) is 0 Å². The van der Waals surface area contributed by atoms with Gasteiger partial charge in [-0.3, -0.25) is 19.9 Å². The molecular formula is C20H19N5O4. The minimum atomic E-state index is -0.651. The maximum Gasteiger partial charge on any atom is 0.322 e. The van der Waals surface area contributed by atoms with E-state index in [1.165, 1.54) is 0 Å². The van der Waals surface area contributed by atoms with Crippen LogP contribution in [0.1, 0.15) is 27.7 Å². The normalized spacial score (nSPS) is 17.5. The van der Waals surface area contributed by atoms with E-state index < -0.39 is 12.1 Å². The number of carbonyl (C=O) groups is 3. The molecule has 1 atom stereocenters. The molecule has 5 rings (SSSR count). The van der Waals surface area contributed by atoms with E-state index in [4.69, 9.17) is 4.74 Å². The number of H-pyrrole nitrogens is 1. The number of urea groups is 1. The number of ether oxygens (including phenoxy) is 1. The van der Waals surface area contributed by atoms with Gasteiger partial charge in [-0.2, -0.15) is 0 Å². The molecule has 0 saturated carbocycles. The minimum absolute atomic E-state index is 0.0777. The summed E-state index contributed by atoms with van der Waals surface area (Å²) in [7, 11) is 3.40. The van der Waals surface area contributed by atoms with Crippen molar-refractivity contribution in [3.8, 4) is 5.75 Å².